The van der Waals surface area contributed by atoms with Crippen LogP contribution < -0.4 is 0 Å². The number of aromatic nitrogens is 1. The van der Waals surface area contributed by atoms with E-state index in [9.17, 15) is 22.0 Å². The predicted molar refractivity (Wildman–Crippen MR) is 41.9 cm³/mol. The number of hydrogen-bond acceptors (Lipinski definition) is 1. The van der Waals surface area contributed by atoms with Gasteiger partial charge in [0.2, 0.25) is 0 Å². The van der Waals surface area contributed by atoms with Crippen molar-refractivity contribution < 1.29 is 22.0 Å². The van der Waals surface area contributed by atoms with E-state index in [1.165, 1.54) is 0 Å². The van der Waals surface area contributed by atoms with Gasteiger partial charge in [0.1, 0.15) is 5.69 Å². The summed E-state index contributed by atoms with van der Waals surface area (Å²) in [4.78, 5) is 3.03. The molecule has 0 aliphatic heterocycles. The summed E-state index contributed by atoms with van der Waals surface area (Å²) in [6.45, 7) is 0. The van der Waals surface area contributed by atoms with E-state index in [-0.39, 0.29) is 4.47 Å². The number of halogens is 6. The minimum absolute atomic E-state index is 0.00854. The van der Waals surface area contributed by atoms with Crippen molar-refractivity contribution in [2.75, 3.05) is 0 Å². The van der Waals surface area contributed by atoms with Crippen LogP contribution in [-0.4, -0.2) is 4.98 Å². The summed E-state index contributed by atoms with van der Waals surface area (Å²) in [5.41, 5.74) is -2.66. The second-order valence-corrected chi connectivity index (χ2v) is 3.30. The molecule has 0 unspecified atom stereocenters. The highest BCUT2D eigenvalue weighted by Gasteiger charge is 2.36. The fourth-order valence-corrected chi connectivity index (χ4v) is 1.18. The minimum atomic E-state index is -4.82. The molecule has 0 aliphatic carbocycles. The zero-order chi connectivity index (χ0) is 10.9. The van der Waals surface area contributed by atoms with Gasteiger partial charge in [-0.1, -0.05) is 0 Å². The van der Waals surface area contributed by atoms with E-state index < -0.39 is 23.9 Å². The standard InChI is InChI=1S/C7H3BrF5N/c8-3-1-4(7(11,12)13)5(6(9)10)14-2-3/h1-2,6H. The monoisotopic (exact) mass is 275 g/mol. The minimum Gasteiger partial charge on any atom is -0.253 e. The molecule has 0 aromatic carbocycles. The Kier molecular flexibility index (Phi) is 3.08. The first-order valence-corrected chi connectivity index (χ1v) is 4.12. The molecule has 0 N–H and O–H groups in total. The molecule has 78 valence electrons. The molecule has 0 fully saturated rings. The molecule has 0 saturated carbocycles. The quantitative estimate of drug-likeness (QED) is 0.711. The lowest BCUT2D eigenvalue weighted by molar-refractivity contribution is -0.140. The van der Waals surface area contributed by atoms with Crippen LogP contribution in [0.15, 0.2) is 16.7 Å². The van der Waals surface area contributed by atoms with E-state index in [0.29, 0.717) is 6.07 Å². The molecule has 0 atom stereocenters. The highest BCUT2D eigenvalue weighted by molar-refractivity contribution is 9.10. The Morgan fingerprint density at radius 2 is 1.86 bits per heavy atom. The Bertz CT molecular complexity index is 335. The van der Waals surface area contributed by atoms with Crippen molar-refractivity contribution in [3.8, 4) is 0 Å². The Morgan fingerprint density at radius 1 is 1.29 bits per heavy atom. The zero-order valence-electron chi connectivity index (χ0n) is 6.45. The average molecular weight is 276 g/mol. The van der Waals surface area contributed by atoms with Gasteiger partial charge in [0.15, 0.2) is 0 Å². The van der Waals surface area contributed by atoms with Crippen LogP contribution in [0.1, 0.15) is 17.7 Å². The van der Waals surface area contributed by atoms with Gasteiger partial charge in [-0.25, -0.2) is 8.78 Å². The van der Waals surface area contributed by atoms with Gasteiger partial charge < -0.3 is 0 Å². The van der Waals surface area contributed by atoms with E-state index in [1.54, 1.807) is 0 Å². The summed E-state index contributed by atoms with van der Waals surface area (Å²) < 4.78 is 60.8. The fraction of sp³-hybridized carbons (Fsp3) is 0.286. The van der Waals surface area contributed by atoms with Crippen LogP contribution in [0.4, 0.5) is 22.0 Å². The molecule has 14 heavy (non-hydrogen) atoms. The first-order chi connectivity index (χ1) is 6.32. The van der Waals surface area contributed by atoms with Gasteiger partial charge in [-0.2, -0.15) is 13.2 Å². The molecule has 1 aromatic heterocycles. The third kappa shape index (κ3) is 2.40. The van der Waals surface area contributed by atoms with E-state index in [1.807, 2.05) is 0 Å². The van der Waals surface area contributed by atoms with Crippen molar-refractivity contribution in [1.29, 1.82) is 0 Å². The summed E-state index contributed by atoms with van der Waals surface area (Å²) in [6.07, 6.45) is -7.15. The maximum absolute atomic E-state index is 12.2. The molecular weight excluding hydrogens is 273 g/mol. The van der Waals surface area contributed by atoms with Crippen molar-refractivity contribution in [2.24, 2.45) is 0 Å². The Balaban J connectivity index is 3.30. The van der Waals surface area contributed by atoms with Crippen molar-refractivity contribution >= 4 is 15.9 Å². The van der Waals surface area contributed by atoms with Gasteiger partial charge >= 0.3 is 6.18 Å². The van der Waals surface area contributed by atoms with Gasteiger partial charge in [0, 0.05) is 10.7 Å². The maximum atomic E-state index is 12.2. The number of alkyl halides is 5. The number of nitrogens with zero attached hydrogens (tertiary/aromatic N) is 1. The van der Waals surface area contributed by atoms with Crippen LogP contribution in [0.25, 0.3) is 0 Å². The van der Waals surface area contributed by atoms with Crippen LogP contribution in [0, 0.1) is 0 Å². The van der Waals surface area contributed by atoms with E-state index in [4.69, 9.17) is 0 Å². The lowest BCUT2D eigenvalue weighted by Crippen LogP contribution is -2.11. The molecule has 0 amide bonds. The Hall–Kier alpha value is -0.720. The van der Waals surface area contributed by atoms with Crippen molar-refractivity contribution in [3.05, 3.63) is 28.0 Å². The van der Waals surface area contributed by atoms with Gasteiger partial charge in [0.25, 0.3) is 6.43 Å². The second-order valence-electron chi connectivity index (χ2n) is 2.38. The van der Waals surface area contributed by atoms with Crippen molar-refractivity contribution in [3.63, 3.8) is 0 Å². The molecule has 1 heterocycles. The molecule has 1 aromatic rings. The molecule has 0 radical (unpaired) electrons. The second kappa shape index (κ2) is 3.80. The average Bonchev–Trinajstić information content (AvgIpc) is 2.01. The molecule has 0 spiro atoms. The highest BCUT2D eigenvalue weighted by atomic mass is 79.9. The van der Waals surface area contributed by atoms with Crippen LogP contribution >= 0.6 is 15.9 Å². The largest absolute Gasteiger partial charge is 0.418 e. The Labute approximate surface area is 84.1 Å². The van der Waals surface area contributed by atoms with Gasteiger partial charge in [-0.15, -0.1) is 0 Å². The molecule has 7 heteroatoms. The lowest BCUT2D eigenvalue weighted by Gasteiger charge is -2.11. The molecular formula is C7H3BrF5N. The predicted octanol–water partition coefficient (Wildman–Crippen LogP) is 3.80. The molecule has 0 saturated heterocycles. The SMILES string of the molecule is FC(F)c1ncc(Br)cc1C(F)(F)F. The van der Waals surface area contributed by atoms with Crippen LogP contribution in [0.3, 0.4) is 0 Å². The fourth-order valence-electron chi connectivity index (χ4n) is 0.851. The third-order valence-corrected chi connectivity index (χ3v) is 1.83. The summed E-state index contributed by atoms with van der Waals surface area (Å²) in [6, 6.07) is 0.578. The van der Waals surface area contributed by atoms with Crippen molar-refractivity contribution in [1.82, 2.24) is 4.98 Å². The van der Waals surface area contributed by atoms with Crippen LogP contribution in [0.5, 0.6) is 0 Å². The van der Waals surface area contributed by atoms with Gasteiger partial charge in [-0.05, 0) is 22.0 Å². The van der Waals surface area contributed by atoms with Gasteiger partial charge in [-0.3, -0.25) is 4.98 Å². The third-order valence-electron chi connectivity index (χ3n) is 1.40. The Morgan fingerprint density at radius 3 is 2.29 bits per heavy atom. The summed E-state index contributed by atoms with van der Waals surface area (Å²) >= 11 is 2.73. The van der Waals surface area contributed by atoms with Crippen LogP contribution in [-0.2, 0) is 6.18 Å². The summed E-state index contributed by atoms with van der Waals surface area (Å²) in [7, 11) is 0. The van der Waals surface area contributed by atoms with E-state index in [2.05, 4.69) is 20.9 Å². The summed E-state index contributed by atoms with van der Waals surface area (Å²) in [5.74, 6) is 0. The first kappa shape index (κ1) is 11.4. The number of hydrogen-bond donors (Lipinski definition) is 0. The first-order valence-electron chi connectivity index (χ1n) is 3.33. The normalized spacial score (nSPS) is 12.2. The van der Waals surface area contributed by atoms with Crippen LogP contribution in [0.2, 0.25) is 0 Å². The number of pyridine rings is 1. The molecule has 0 aliphatic rings. The highest BCUT2D eigenvalue weighted by Crippen LogP contribution is 2.36. The van der Waals surface area contributed by atoms with E-state index in [0.717, 1.165) is 6.20 Å². The molecule has 1 nitrogen and oxygen atoms in total. The van der Waals surface area contributed by atoms with Crippen molar-refractivity contribution in [2.45, 2.75) is 12.6 Å². The topological polar surface area (TPSA) is 12.9 Å². The smallest absolute Gasteiger partial charge is 0.253 e. The lowest BCUT2D eigenvalue weighted by atomic mass is 10.2. The zero-order valence-corrected chi connectivity index (χ0v) is 8.03. The van der Waals surface area contributed by atoms with E-state index >= 15 is 0 Å². The number of rotatable bonds is 1. The van der Waals surface area contributed by atoms with Gasteiger partial charge in [0.05, 0.1) is 5.56 Å². The maximum Gasteiger partial charge on any atom is 0.418 e. The molecule has 0 bridgehead atoms. The molecule has 1 rings (SSSR count). The summed E-state index contributed by atoms with van der Waals surface area (Å²) in [5, 5.41) is 0.